The van der Waals surface area contributed by atoms with Crippen LogP contribution >= 0.6 is 34.2 Å². The summed E-state index contributed by atoms with van der Waals surface area (Å²) >= 11 is 4.85. The topological polar surface area (TPSA) is 41.6 Å². The SMILES string of the molecule is c1cc[nH]c1.c1ccc2snnc2c1.c1ccsc1.c1ccsc1. The lowest BCUT2D eigenvalue weighted by Crippen LogP contribution is -1.63. The zero-order valence-corrected chi connectivity index (χ0v) is 15.3. The number of fused-ring (bicyclic) bond motifs is 1. The lowest BCUT2D eigenvalue weighted by atomic mass is 10.3. The minimum atomic E-state index is 0.988. The maximum Gasteiger partial charge on any atom is 0.105 e. The summed E-state index contributed by atoms with van der Waals surface area (Å²) in [6.45, 7) is 0. The van der Waals surface area contributed by atoms with Crippen LogP contribution in [0.1, 0.15) is 0 Å². The van der Waals surface area contributed by atoms with Crippen molar-refractivity contribution in [2.75, 3.05) is 0 Å². The molecule has 4 heterocycles. The molecule has 1 aromatic carbocycles. The monoisotopic (exact) mass is 371 g/mol. The van der Waals surface area contributed by atoms with E-state index in [4.69, 9.17) is 0 Å². The number of aromatic nitrogens is 3. The number of benzene rings is 1. The van der Waals surface area contributed by atoms with Crippen molar-refractivity contribution in [1.82, 2.24) is 14.6 Å². The van der Waals surface area contributed by atoms with Gasteiger partial charge in [0.15, 0.2) is 0 Å². The van der Waals surface area contributed by atoms with E-state index in [0.717, 1.165) is 10.2 Å². The second kappa shape index (κ2) is 12.2. The Kier molecular flexibility index (Phi) is 9.17. The quantitative estimate of drug-likeness (QED) is 0.352. The first-order valence-electron chi connectivity index (χ1n) is 7.16. The van der Waals surface area contributed by atoms with Crippen molar-refractivity contribution >= 4 is 44.4 Å². The third kappa shape index (κ3) is 7.82. The van der Waals surface area contributed by atoms with Gasteiger partial charge < -0.3 is 4.98 Å². The second-order valence-corrected chi connectivity index (χ2v) is 6.63. The van der Waals surface area contributed by atoms with Gasteiger partial charge in [-0.05, 0) is 57.3 Å². The molecule has 24 heavy (non-hydrogen) atoms. The van der Waals surface area contributed by atoms with Gasteiger partial charge in [-0.3, -0.25) is 0 Å². The van der Waals surface area contributed by atoms with Gasteiger partial charge in [0.1, 0.15) is 5.52 Å². The van der Waals surface area contributed by atoms with Crippen LogP contribution in [0.4, 0.5) is 0 Å². The molecule has 0 bridgehead atoms. The molecule has 0 saturated carbocycles. The van der Waals surface area contributed by atoms with Gasteiger partial charge in [0.25, 0.3) is 0 Å². The van der Waals surface area contributed by atoms with Gasteiger partial charge in [-0.2, -0.15) is 22.7 Å². The number of thiophene rings is 2. The molecule has 1 N–H and O–H groups in total. The predicted molar refractivity (Wildman–Crippen MR) is 107 cm³/mol. The number of rotatable bonds is 0. The van der Waals surface area contributed by atoms with E-state index in [1.54, 1.807) is 22.7 Å². The van der Waals surface area contributed by atoms with E-state index < -0.39 is 0 Å². The van der Waals surface area contributed by atoms with Crippen molar-refractivity contribution in [2.45, 2.75) is 0 Å². The molecule has 0 spiro atoms. The molecular weight excluding hydrogens is 354 g/mol. The Labute approximate surface area is 153 Å². The molecule has 0 unspecified atom stereocenters. The fraction of sp³-hybridized carbons (Fsp3) is 0. The molecule has 4 aromatic heterocycles. The molecule has 0 amide bonds. The molecule has 0 aliphatic heterocycles. The Hall–Kier alpha value is -2.28. The first-order chi connectivity index (χ1) is 12.0. The third-order valence-corrected chi connectivity index (χ3v) is 4.46. The molecule has 5 aromatic rings. The van der Waals surface area contributed by atoms with Crippen LogP contribution in [0.15, 0.2) is 94.6 Å². The van der Waals surface area contributed by atoms with Gasteiger partial charge in [0, 0.05) is 12.4 Å². The largest absolute Gasteiger partial charge is 0.368 e. The smallest absolute Gasteiger partial charge is 0.105 e. The Morgan fingerprint density at radius 1 is 0.667 bits per heavy atom. The van der Waals surface area contributed by atoms with Gasteiger partial charge in [0.2, 0.25) is 0 Å². The van der Waals surface area contributed by atoms with Gasteiger partial charge in [-0.25, -0.2) is 0 Å². The van der Waals surface area contributed by atoms with Gasteiger partial charge in [0.05, 0.1) is 4.70 Å². The summed E-state index contributed by atoms with van der Waals surface area (Å²) < 4.78 is 4.94. The zero-order valence-electron chi connectivity index (χ0n) is 12.9. The average molecular weight is 372 g/mol. The lowest BCUT2D eigenvalue weighted by Gasteiger charge is -1.78. The van der Waals surface area contributed by atoms with Crippen molar-refractivity contribution in [3.63, 3.8) is 0 Å². The minimum Gasteiger partial charge on any atom is -0.368 e. The molecule has 6 heteroatoms. The Morgan fingerprint density at radius 2 is 1.25 bits per heavy atom. The number of hydrogen-bond donors (Lipinski definition) is 1. The number of nitrogens with one attached hydrogen (secondary N) is 1. The summed E-state index contributed by atoms with van der Waals surface area (Å²) in [7, 11) is 0. The van der Waals surface area contributed by atoms with E-state index in [1.807, 2.05) is 94.6 Å². The Balaban J connectivity index is 0.000000121. The molecule has 0 aliphatic carbocycles. The summed E-state index contributed by atoms with van der Waals surface area (Å²) in [5.74, 6) is 0. The predicted octanol–water partition coefficient (Wildman–Crippen LogP) is 6.20. The van der Waals surface area contributed by atoms with Crippen LogP contribution in [0.2, 0.25) is 0 Å². The highest BCUT2D eigenvalue weighted by molar-refractivity contribution is 7.12. The number of H-pyrrole nitrogens is 1. The maximum absolute atomic E-state index is 3.89. The van der Waals surface area contributed by atoms with Crippen molar-refractivity contribution < 1.29 is 0 Å². The molecule has 3 nitrogen and oxygen atoms in total. The third-order valence-electron chi connectivity index (χ3n) is 2.50. The summed E-state index contributed by atoms with van der Waals surface area (Å²) in [6.07, 6.45) is 3.75. The fourth-order valence-corrected chi connectivity index (χ4v) is 2.92. The highest BCUT2D eigenvalue weighted by Crippen LogP contribution is 2.12. The van der Waals surface area contributed by atoms with Crippen LogP contribution in [-0.4, -0.2) is 14.6 Å². The minimum absolute atomic E-state index is 0.988. The first kappa shape index (κ1) is 18.1. The van der Waals surface area contributed by atoms with Gasteiger partial charge >= 0.3 is 0 Å². The van der Waals surface area contributed by atoms with Crippen LogP contribution in [0.3, 0.4) is 0 Å². The van der Waals surface area contributed by atoms with E-state index in [2.05, 4.69) is 14.6 Å². The van der Waals surface area contributed by atoms with Crippen molar-refractivity contribution in [3.05, 3.63) is 94.6 Å². The molecule has 0 radical (unpaired) electrons. The highest BCUT2D eigenvalue weighted by Gasteiger charge is 1.91. The fourth-order valence-electron chi connectivity index (χ4n) is 1.46. The zero-order chi connectivity index (χ0) is 16.7. The molecule has 0 aliphatic rings. The first-order valence-corrected chi connectivity index (χ1v) is 9.82. The average Bonchev–Trinajstić information content (AvgIpc) is 3.48. The molecule has 0 atom stereocenters. The summed E-state index contributed by atoms with van der Waals surface area (Å²) in [5.41, 5.74) is 0.988. The van der Waals surface area contributed by atoms with E-state index in [1.165, 1.54) is 11.5 Å². The van der Waals surface area contributed by atoms with E-state index >= 15 is 0 Å². The van der Waals surface area contributed by atoms with Crippen LogP contribution < -0.4 is 0 Å². The molecule has 5 rings (SSSR count). The van der Waals surface area contributed by atoms with E-state index in [0.29, 0.717) is 0 Å². The molecule has 0 saturated heterocycles. The lowest BCUT2D eigenvalue weighted by molar-refractivity contribution is 1.20. The maximum atomic E-state index is 3.89. The molecule has 0 fully saturated rings. The summed E-state index contributed by atoms with van der Waals surface area (Å²) in [5, 5.41) is 12.1. The number of aromatic amines is 1. The Morgan fingerprint density at radius 3 is 1.67 bits per heavy atom. The molecular formula is C18H17N3S3. The second-order valence-electron chi connectivity index (χ2n) is 4.21. The van der Waals surface area contributed by atoms with Gasteiger partial charge in [-0.1, -0.05) is 40.9 Å². The molecule has 122 valence electrons. The van der Waals surface area contributed by atoms with Crippen LogP contribution in [0.25, 0.3) is 10.2 Å². The summed E-state index contributed by atoms with van der Waals surface area (Å²) in [4.78, 5) is 2.86. The normalized spacial score (nSPS) is 8.83. The standard InChI is InChI=1S/C6H4N2S.C4H5N.2C4H4S/c1-2-4-6-5(3-1)7-8-9-6;3*1-2-4-5-3-1/h1-4H;1-5H;2*1-4H. The van der Waals surface area contributed by atoms with Crippen molar-refractivity contribution in [3.8, 4) is 0 Å². The highest BCUT2D eigenvalue weighted by atomic mass is 32.1. The number of hydrogen-bond acceptors (Lipinski definition) is 5. The Bertz CT molecular complexity index is 675. The van der Waals surface area contributed by atoms with Gasteiger partial charge in [-0.15, -0.1) is 5.10 Å². The summed E-state index contributed by atoms with van der Waals surface area (Å²) in [6, 6.07) is 19.9. The van der Waals surface area contributed by atoms with Crippen molar-refractivity contribution in [1.29, 1.82) is 0 Å². The van der Waals surface area contributed by atoms with E-state index in [-0.39, 0.29) is 0 Å². The van der Waals surface area contributed by atoms with Crippen LogP contribution in [-0.2, 0) is 0 Å². The number of nitrogens with zero attached hydrogens (tertiary/aromatic N) is 2. The van der Waals surface area contributed by atoms with Crippen molar-refractivity contribution in [2.24, 2.45) is 0 Å². The van der Waals surface area contributed by atoms with E-state index in [9.17, 15) is 0 Å². The van der Waals surface area contributed by atoms with Crippen LogP contribution in [0.5, 0.6) is 0 Å². The van der Waals surface area contributed by atoms with Crippen LogP contribution in [0, 0.1) is 0 Å².